The fourth-order valence-corrected chi connectivity index (χ4v) is 2.85. The molecule has 0 saturated heterocycles. The summed E-state index contributed by atoms with van der Waals surface area (Å²) in [6.07, 6.45) is 0. The van der Waals surface area contributed by atoms with Gasteiger partial charge in [-0.25, -0.2) is 9.00 Å². The van der Waals surface area contributed by atoms with E-state index < -0.39 is 17.0 Å². The summed E-state index contributed by atoms with van der Waals surface area (Å²) in [5, 5.41) is 8.74. The molecule has 1 aromatic carbocycles. The lowest BCUT2D eigenvalue weighted by atomic mass is 10.2. The van der Waals surface area contributed by atoms with Crippen LogP contribution in [-0.4, -0.2) is 19.8 Å². The summed E-state index contributed by atoms with van der Waals surface area (Å²) in [5.41, 5.74) is -0.0504. The van der Waals surface area contributed by atoms with Crippen molar-refractivity contribution in [3.05, 3.63) is 26.6 Å². The Labute approximate surface area is 98.9 Å². The lowest BCUT2D eigenvalue weighted by Crippen LogP contribution is -2.01. The van der Waals surface area contributed by atoms with Crippen LogP contribution in [0.1, 0.15) is 10.4 Å². The third kappa shape index (κ3) is 2.41. The summed E-state index contributed by atoms with van der Waals surface area (Å²) < 4.78 is 20.4. The van der Waals surface area contributed by atoms with Gasteiger partial charge in [0.1, 0.15) is 0 Å². The van der Waals surface area contributed by atoms with Gasteiger partial charge < -0.3 is 9.66 Å². The predicted octanol–water partition coefficient (Wildman–Crippen LogP) is 2.49. The van der Waals surface area contributed by atoms with Gasteiger partial charge >= 0.3 is 5.97 Å². The van der Waals surface area contributed by atoms with Gasteiger partial charge in [-0.3, -0.25) is 0 Å². The molecule has 0 aromatic heterocycles. The smallest absolute Gasteiger partial charge is 0.336 e. The molecule has 0 fully saturated rings. The summed E-state index contributed by atoms with van der Waals surface area (Å²) in [6.45, 7) is 0. The molecule has 0 bridgehead atoms. The normalized spacial score (nSPS) is 12.5. The summed E-state index contributed by atoms with van der Waals surface area (Å²) in [7, 11) is 0. The van der Waals surface area contributed by atoms with E-state index in [9.17, 15) is 9.00 Å². The zero-order valence-corrected chi connectivity index (χ0v) is 10.5. The first-order valence-corrected chi connectivity index (χ1v) is 5.96. The van der Waals surface area contributed by atoms with Crippen molar-refractivity contribution in [1.82, 2.24) is 0 Å². The van der Waals surface area contributed by atoms with Crippen LogP contribution >= 0.6 is 31.9 Å². The Morgan fingerprint density at radius 3 is 2.29 bits per heavy atom. The highest BCUT2D eigenvalue weighted by molar-refractivity contribution is 9.11. The zero-order valence-electron chi connectivity index (χ0n) is 6.53. The number of carbonyl (C=O) groups is 1. The second-order valence-corrected chi connectivity index (χ2v) is 4.96. The van der Waals surface area contributed by atoms with Crippen LogP contribution < -0.4 is 0 Å². The number of benzene rings is 1. The maximum atomic E-state index is 10.8. The lowest BCUT2D eigenvalue weighted by molar-refractivity contribution is 0.0695. The first kappa shape index (κ1) is 11.8. The fraction of sp³-hybridized carbons (Fsp3) is 0. The molecule has 0 radical (unpaired) electrons. The molecule has 4 nitrogen and oxygen atoms in total. The van der Waals surface area contributed by atoms with E-state index in [2.05, 4.69) is 31.9 Å². The third-order valence-corrected chi connectivity index (χ3v) is 3.73. The minimum Gasteiger partial charge on any atom is -0.478 e. The van der Waals surface area contributed by atoms with Crippen LogP contribution in [0.5, 0.6) is 0 Å². The van der Waals surface area contributed by atoms with Crippen molar-refractivity contribution in [1.29, 1.82) is 0 Å². The van der Waals surface area contributed by atoms with Crippen LogP contribution in [-0.2, 0) is 11.1 Å². The zero-order chi connectivity index (χ0) is 10.9. The van der Waals surface area contributed by atoms with E-state index >= 15 is 0 Å². The highest BCUT2D eigenvalue weighted by Gasteiger charge is 2.14. The van der Waals surface area contributed by atoms with Crippen molar-refractivity contribution in [3.63, 3.8) is 0 Å². The Hall–Kier alpha value is -0.240. The van der Waals surface area contributed by atoms with Gasteiger partial charge in [-0.15, -0.1) is 0 Å². The van der Waals surface area contributed by atoms with Gasteiger partial charge in [0, 0.05) is 8.95 Å². The minimum atomic E-state index is -2.21. The van der Waals surface area contributed by atoms with E-state index in [1.807, 2.05) is 0 Å². The maximum Gasteiger partial charge on any atom is 0.336 e. The topological polar surface area (TPSA) is 74.6 Å². The molecule has 7 heteroatoms. The molecule has 14 heavy (non-hydrogen) atoms. The molecule has 1 rings (SSSR count). The molecule has 76 valence electrons. The molecule has 2 N–H and O–H groups in total. The standard InChI is InChI=1S/C7H4Br2O4S/c8-4-2-5(9)6(14(12)13)1-3(4)7(10)11/h1-2H,(H,10,11)(H,12,13). The van der Waals surface area contributed by atoms with Gasteiger partial charge in [-0.1, -0.05) is 0 Å². The predicted molar refractivity (Wildman–Crippen MR) is 57.8 cm³/mol. The summed E-state index contributed by atoms with van der Waals surface area (Å²) in [6, 6.07) is 2.57. The highest BCUT2D eigenvalue weighted by atomic mass is 79.9. The van der Waals surface area contributed by atoms with E-state index in [4.69, 9.17) is 9.66 Å². The van der Waals surface area contributed by atoms with Crippen molar-refractivity contribution in [3.8, 4) is 0 Å². The molecule has 1 unspecified atom stereocenters. The largest absolute Gasteiger partial charge is 0.478 e. The molecule has 0 spiro atoms. The van der Waals surface area contributed by atoms with Crippen molar-refractivity contribution in [2.45, 2.75) is 4.90 Å². The van der Waals surface area contributed by atoms with Crippen LogP contribution in [0.2, 0.25) is 0 Å². The van der Waals surface area contributed by atoms with E-state index in [1.165, 1.54) is 6.07 Å². The molecule has 0 amide bonds. The van der Waals surface area contributed by atoms with Crippen molar-refractivity contribution in [2.24, 2.45) is 0 Å². The Kier molecular flexibility index (Phi) is 3.82. The average Bonchev–Trinajstić information content (AvgIpc) is 2.02. The van der Waals surface area contributed by atoms with Crippen LogP contribution in [0.3, 0.4) is 0 Å². The van der Waals surface area contributed by atoms with Gasteiger partial charge in [0.15, 0.2) is 11.1 Å². The second-order valence-electron chi connectivity index (χ2n) is 2.32. The van der Waals surface area contributed by atoms with Crippen molar-refractivity contribution < 1.29 is 18.7 Å². The van der Waals surface area contributed by atoms with Gasteiger partial charge in [0.05, 0.1) is 10.5 Å². The minimum absolute atomic E-state index is 0.0330. The summed E-state index contributed by atoms with van der Waals surface area (Å²) >= 11 is 3.89. The number of carboxylic acids is 1. The maximum absolute atomic E-state index is 10.8. The average molecular weight is 344 g/mol. The van der Waals surface area contributed by atoms with Gasteiger partial charge in [-0.2, -0.15) is 0 Å². The quantitative estimate of drug-likeness (QED) is 0.809. The molecule has 0 heterocycles. The Morgan fingerprint density at radius 2 is 1.86 bits per heavy atom. The molecule has 0 aliphatic rings. The van der Waals surface area contributed by atoms with Crippen molar-refractivity contribution >= 4 is 48.9 Å². The van der Waals surface area contributed by atoms with Crippen LogP contribution in [0.25, 0.3) is 0 Å². The Bertz CT molecular complexity index is 383. The second kappa shape index (κ2) is 4.52. The molecular formula is C7H4Br2O4S. The summed E-state index contributed by atoms with van der Waals surface area (Å²) in [5.74, 6) is -1.16. The van der Waals surface area contributed by atoms with E-state index in [1.54, 1.807) is 0 Å². The SMILES string of the molecule is O=C(O)c1cc(S(=O)O)c(Br)cc1Br. The van der Waals surface area contributed by atoms with Gasteiger partial charge in [0.2, 0.25) is 0 Å². The van der Waals surface area contributed by atoms with Crippen molar-refractivity contribution in [2.75, 3.05) is 0 Å². The first-order chi connectivity index (χ1) is 6.43. The van der Waals surface area contributed by atoms with E-state index in [0.717, 1.165) is 6.07 Å². The molecular weight excluding hydrogens is 340 g/mol. The molecule has 0 saturated carbocycles. The van der Waals surface area contributed by atoms with Crippen LogP contribution in [0.15, 0.2) is 26.0 Å². The third-order valence-electron chi connectivity index (χ3n) is 1.44. The number of carboxylic acid groups (broad SMARTS) is 1. The number of rotatable bonds is 2. The number of hydrogen-bond donors (Lipinski definition) is 2. The Morgan fingerprint density at radius 1 is 1.29 bits per heavy atom. The fourth-order valence-electron chi connectivity index (χ4n) is 0.827. The Balaban J connectivity index is 3.42. The molecule has 0 aliphatic carbocycles. The highest BCUT2D eigenvalue weighted by Crippen LogP contribution is 2.27. The van der Waals surface area contributed by atoms with Crippen LogP contribution in [0.4, 0.5) is 0 Å². The van der Waals surface area contributed by atoms with Gasteiger partial charge in [-0.05, 0) is 44.0 Å². The first-order valence-electron chi connectivity index (χ1n) is 3.26. The van der Waals surface area contributed by atoms with Gasteiger partial charge in [0.25, 0.3) is 0 Å². The number of hydrogen-bond acceptors (Lipinski definition) is 2. The monoisotopic (exact) mass is 342 g/mol. The molecule has 1 aromatic rings. The van der Waals surface area contributed by atoms with E-state index in [-0.39, 0.29) is 10.5 Å². The molecule has 1 atom stereocenters. The number of halogens is 2. The van der Waals surface area contributed by atoms with Crippen LogP contribution in [0, 0.1) is 0 Å². The lowest BCUT2D eigenvalue weighted by Gasteiger charge is -2.03. The number of aromatic carboxylic acids is 1. The van der Waals surface area contributed by atoms with E-state index in [0.29, 0.717) is 8.95 Å². The molecule has 0 aliphatic heterocycles. The summed E-state index contributed by atoms with van der Waals surface area (Å²) in [4.78, 5) is 10.7.